The summed E-state index contributed by atoms with van der Waals surface area (Å²) in [5.41, 5.74) is 1.87. The lowest BCUT2D eigenvalue weighted by atomic mass is 10.0. The lowest BCUT2D eigenvalue weighted by Gasteiger charge is -2.03. The fraction of sp³-hybridized carbons (Fsp3) is 0.667. The van der Waals surface area contributed by atoms with E-state index in [4.69, 9.17) is 0 Å². The molecule has 0 aromatic carbocycles. The van der Waals surface area contributed by atoms with E-state index in [9.17, 15) is 4.79 Å². The number of ketones is 1. The first-order valence-electron chi connectivity index (χ1n) is 6.38. The third kappa shape index (κ3) is 2.28. The van der Waals surface area contributed by atoms with Gasteiger partial charge in [-0.1, -0.05) is 31.6 Å². The Labute approximate surface area is 98.6 Å². The van der Waals surface area contributed by atoms with Crippen LogP contribution >= 0.6 is 0 Å². The first-order valence-corrected chi connectivity index (χ1v) is 6.38. The van der Waals surface area contributed by atoms with Gasteiger partial charge in [0.1, 0.15) is 0 Å². The molecule has 0 amide bonds. The normalized spacial score (nSPS) is 33.7. The fourth-order valence-electron chi connectivity index (χ4n) is 2.96. The average molecular weight is 218 g/mol. The van der Waals surface area contributed by atoms with Crippen LogP contribution in [0.5, 0.6) is 0 Å². The largest absolute Gasteiger partial charge is 0.295 e. The second-order valence-corrected chi connectivity index (χ2v) is 5.91. The minimum Gasteiger partial charge on any atom is -0.295 e. The Morgan fingerprint density at radius 2 is 2.06 bits per heavy atom. The van der Waals surface area contributed by atoms with Crippen LogP contribution in [0.1, 0.15) is 46.5 Å². The minimum absolute atomic E-state index is 0.285. The zero-order valence-electron chi connectivity index (χ0n) is 10.6. The van der Waals surface area contributed by atoms with Crippen LogP contribution in [0.4, 0.5) is 0 Å². The summed E-state index contributed by atoms with van der Waals surface area (Å²) < 4.78 is 0. The molecule has 1 heteroatoms. The monoisotopic (exact) mass is 218 g/mol. The fourth-order valence-corrected chi connectivity index (χ4v) is 2.96. The summed E-state index contributed by atoms with van der Waals surface area (Å²) in [6.07, 6.45) is 10.3. The van der Waals surface area contributed by atoms with Crippen molar-refractivity contribution in [1.29, 1.82) is 0 Å². The molecule has 2 atom stereocenters. The van der Waals surface area contributed by atoms with Crippen molar-refractivity contribution >= 4 is 5.78 Å². The van der Waals surface area contributed by atoms with Gasteiger partial charge in [0.05, 0.1) is 0 Å². The molecule has 1 nitrogen and oxygen atoms in total. The summed E-state index contributed by atoms with van der Waals surface area (Å²) in [4.78, 5) is 11.6. The topological polar surface area (TPSA) is 17.1 Å². The Morgan fingerprint density at radius 3 is 2.81 bits per heavy atom. The smallest absolute Gasteiger partial charge is 0.155 e. The summed E-state index contributed by atoms with van der Waals surface area (Å²) in [7, 11) is 0. The van der Waals surface area contributed by atoms with Gasteiger partial charge in [0, 0.05) is 6.42 Å². The molecule has 0 heterocycles. The molecular formula is C15H22O. The summed E-state index contributed by atoms with van der Waals surface area (Å²) in [6, 6.07) is 0. The second kappa shape index (κ2) is 4.20. The molecular weight excluding hydrogens is 196 g/mol. The van der Waals surface area contributed by atoms with Gasteiger partial charge in [-0.15, -0.1) is 0 Å². The highest BCUT2D eigenvalue weighted by Gasteiger charge is 2.55. The maximum Gasteiger partial charge on any atom is 0.155 e. The van der Waals surface area contributed by atoms with Crippen molar-refractivity contribution in [3.05, 3.63) is 23.8 Å². The number of allylic oxidation sites excluding steroid dienone is 4. The molecule has 0 aromatic rings. The van der Waals surface area contributed by atoms with Gasteiger partial charge < -0.3 is 0 Å². The predicted octanol–water partition coefficient (Wildman–Crippen LogP) is 3.90. The van der Waals surface area contributed by atoms with Crippen LogP contribution in [0.25, 0.3) is 0 Å². The molecule has 0 bridgehead atoms. The van der Waals surface area contributed by atoms with Gasteiger partial charge in [-0.2, -0.15) is 0 Å². The molecule has 2 aliphatic carbocycles. The maximum atomic E-state index is 11.6. The van der Waals surface area contributed by atoms with Crippen molar-refractivity contribution in [2.45, 2.75) is 46.5 Å². The van der Waals surface area contributed by atoms with E-state index in [1.807, 2.05) is 6.08 Å². The van der Waals surface area contributed by atoms with Gasteiger partial charge in [0.15, 0.2) is 5.78 Å². The van der Waals surface area contributed by atoms with Gasteiger partial charge >= 0.3 is 0 Å². The highest BCUT2D eigenvalue weighted by molar-refractivity contribution is 5.89. The standard InChI is InChI=1S/C15H22O/c1-11-5-4-6-12(16)8-10-14-13(9-7-11)15(14,2)3/h5,8,10,13-14H,4,6-7,9H2,1-3H3. The van der Waals surface area contributed by atoms with Crippen molar-refractivity contribution in [1.82, 2.24) is 0 Å². The molecule has 2 rings (SSSR count). The number of hydrogen-bond donors (Lipinski definition) is 0. The van der Waals surface area contributed by atoms with E-state index >= 15 is 0 Å². The molecule has 0 aliphatic heterocycles. The number of carbonyl (C=O) groups is 1. The lowest BCUT2D eigenvalue weighted by Crippen LogP contribution is -1.94. The first-order chi connectivity index (χ1) is 7.51. The van der Waals surface area contributed by atoms with Crippen LogP contribution in [0, 0.1) is 17.3 Å². The summed E-state index contributed by atoms with van der Waals surface area (Å²) in [6.45, 7) is 6.84. The molecule has 0 N–H and O–H groups in total. The Bertz CT molecular complexity index is 346. The van der Waals surface area contributed by atoms with Crippen molar-refractivity contribution < 1.29 is 4.79 Å². The molecule has 0 saturated heterocycles. The first kappa shape index (κ1) is 11.6. The van der Waals surface area contributed by atoms with Gasteiger partial charge in [0.25, 0.3) is 0 Å². The minimum atomic E-state index is 0.285. The van der Waals surface area contributed by atoms with E-state index in [0.29, 0.717) is 17.8 Å². The van der Waals surface area contributed by atoms with Gasteiger partial charge in [0.2, 0.25) is 0 Å². The molecule has 88 valence electrons. The van der Waals surface area contributed by atoms with E-state index in [-0.39, 0.29) is 5.78 Å². The Morgan fingerprint density at radius 1 is 1.31 bits per heavy atom. The zero-order chi connectivity index (χ0) is 11.8. The summed E-state index contributed by atoms with van der Waals surface area (Å²) in [5, 5.41) is 0. The molecule has 2 aliphatic rings. The third-order valence-electron chi connectivity index (χ3n) is 4.36. The Balaban J connectivity index is 2.11. The van der Waals surface area contributed by atoms with Crippen LogP contribution in [0.2, 0.25) is 0 Å². The second-order valence-electron chi connectivity index (χ2n) is 5.91. The Hall–Kier alpha value is -0.850. The Kier molecular flexibility index (Phi) is 3.05. The highest BCUT2D eigenvalue weighted by atomic mass is 16.1. The predicted molar refractivity (Wildman–Crippen MR) is 67.1 cm³/mol. The summed E-state index contributed by atoms with van der Waals surface area (Å²) >= 11 is 0. The van der Waals surface area contributed by atoms with E-state index in [1.165, 1.54) is 18.4 Å². The van der Waals surface area contributed by atoms with Crippen LogP contribution in [-0.4, -0.2) is 5.78 Å². The van der Waals surface area contributed by atoms with Gasteiger partial charge in [-0.05, 0) is 49.5 Å². The molecule has 1 fully saturated rings. The number of hydrogen-bond acceptors (Lipinski definition) is 1. The van der Waals surface area contributed by atoms with E-state index in [1.54, 1.807) is 0 Å². The quantitative estimate of drug-likeness (QED) is 0.563. The van der Waals surface area contributed by atoms with Crippen LogP contribution in [-0.2, 0) is 4.79 Å². The van der Waals surface area contributed by atoms with Crippen LogP contribution in [0.15, 0.2) is 23.8 Å². The average Bonchev–Trinajstić information content (AvgIpc) is 2.74. The number of rotatable bonds is 0. The van der Waals surface area contributed by atoms with E-state index in [0.717, 1.165) is 12.3 Å². The molecule has 1 saturated carbocycles. The third-order valence-corrected chi connectivity index (χ3v) is 4.36. The van der Waals surface area contributed by atoms with Gasteiger partial charge in [-0.25, -0.2) is 0 Å². The van der Waals surface area contributed by atoms with Crippen molar-refractivity contribution in [2.24, 2.45) is 17.3 Å². The van der Waals surface area contributed by atoms with Crippen LogP contribution in [0.3, 0.4) is 0 Å². The molecule has 0 radical (unpaired) electrons. The van der Waals surface area contributed by atoms with E-state index in [2.05, 4.69) is 32.9 Å². The van der Waals surface area contributed by atoms with Crippen LogP contribution < -0.4 is 0 Å². The van der Waals surface area contributed by atoms with E-state index < -0.39 is 0 Å². The highest BCUT2D eigenvalue weighted by Crippen LogP contribution is 2.61. The molecule has 0 spiro atoms. The molecule has 2 unspecified atom stereocenters. The molecule has 16 heavy (non-hydrogen) atoms. The molecule has 0 aromatic heterocycles. The maximum absolute atomic E-state index is 11.6. The lowest BCUT2D eigenvalue weighted by molar-refractivity contribution is -0.114. The number of fused-ring (bicyclic) bond motifs is 1. The van der Waals surface area contributed by atoms with Crippen molar-refractivity contribution in [2.75, 3.05) is 0 Å². The number of carbonyl (C=O) groups excluding carboxylic acids is 1. The van der Waals surface area contributed by atoms with Crippen molar-refractivity contribution in [3.8, 4) is 0 Å². The van der Waals surface area contributed by atoms with Gasteiger partial charge in [-0.3, -0.25) is 4.79 Å². The van der Waals surface area contributed by atoms with Crippen molar-refractivity contribution in [3.63, 3.8) is 0 Å². The SMILES string of the molecule is CC1=CCCC(=O)C=CC2C(CC1)C2(C)C. The summed E-state index contributed by atoms with van der Waals surface area (Å²) in [5.74, 6) is 1.69. The zero-order valence-corrected chi connectivity index (χ0v) is 10.6.